The minimum Gasteiger partial charge on any atom is -0.355 e. The minimum atomic E-state index is -0.205. The molecule has 1 atom stereocenters. The molecular weight excluding hydrogens is 308 g/mol. The Kier molecular flexibility index (Phi) is 11.4. The molecule has 0 heterocycles. The molecule has 0 aromatic carbocycles. The molecule has 0 unspecified atom stereocenters. The summed E-state index contributed by atoms with van der Waals surface area (Å²) in [7, 11) is 1.68. The van der Waals surface area contributed by atoms with Crippen LogP contribution in [0.15, 0.2) is 12.2 Å². The molecule has 2 amide bonds. The lowest BCUT2D eigenvalue weighted by atomic mass is 9.92. The van der Waals surface area contributed by atoms with Crippen LogP contribution < -0.4 is 5.32 Å². The van der Waals surface area contributed by atoms with Crippen LogP contribution in [0.2, 0.25) is 0 Å². The van der Waals surface area contributed by atoms with Gasteiger partial charge in [-0.15, -0.1) is 0 Å². The second-order valence-electron chi connectivity index (χ2n) is 6.33. The summed E-state index contributed by atoms with van der Waals surface area (Å²) in [6.45, 7) is 6.48. The zero-order chi connectivity index (χ0) is 18.5. The van der Waals surface area contributed by atoms with Crippen LogP contribution in [0.4, 0.5) is 0 Å². The highest BCUT2D eigenvalue weighted by molar-refractivity contribution is 5.90. The average Bonchev–Trinajstić information content (AvgIpc) is 2.51. The highest BCUT2D eigenvalue weighted by atomic mass is 16.2. The van der Waals surface area contributed by atoms with Gasteiger partial charge in [-0.3, -0.25) is 19.2 Å². The molecule has 0 aliphatic rings. The van der Waals surface area contributed by atoms with Crippen molar-refractivity contribution in [3.63, 3.8) is 0 Å². The quantitative estimate of drug-likeness (QED) is 0.334. The van der Waals surface area contributed by atoms with E-state index in [9.17, 15) is 19.2 Å². The van der Waals surface area contributed by atoms with Gasteiger partial charge < -0.3 is 10.2 Å². The van der Waals surface area contributed by atoms with Crippen molar-refractivity contribution in [2.75, 3.05) is 20.1 Å². The summed E-state index contributed by atoms with van der Waals surface area (Å²) in [6, 6.07) is 0. The normalized spacial score (nSPS) is 12.2. The van der Waals surface area contributed by atoms with Crippen molar-refractivity contribution in [2.45, 2.75) is 46.5 Å². The van der Waals surface area contributed by atoms with Crippen molar-refractivity contribution in [3.8, 4) is 0 Å². The van der Waals surface area contributed by atoms with Gasteiger partial charge in [0.1, 0.15) is 12.1 Å². The summed E-state index contributed by atoms with van der Waals surface area (Å²) in [5, 5.41) is 2.82. The van der Waals surface area contributed by atoms with Gasteiger partial charge in [0.25, 0.3) is 0 Å². The molecule has 0 aliphatic heterocycles. The Bertz CT molecular complexity index is 458. The zero-order valence-electron chi connectivity index (χ0n) is 15.2. The van der Waals surface area contributed by atoms with E-state index in [4.69, 9.17) is 0 Å². The summed E-state index contributed by atoms with van der Waals surface area (Å²) in [5.74, 6) is -0.0668. The number of nitrogens with zero attached hydrogens (tertiary/aromatic N) is 1. The third kappa shape index (κ3) is 9.92. The van der Waals surface area contributed by atoms with Crippen LogP contribution in [-0.2, 0) is 19.2 Å². The topological polar surface area (TPSA) is 83.6 Å². The van der Waals surface area contributed by atoms with E-state index in [2.05, 4.69) is 5.32 Å². The number of rotatable bonds is 12. The minimum absolute atomic E-state index is 0.0414. The van der Waals surface area contributed by atoms with Crippen LogP contribution in [-0.4, -0.2) is 48.9 Å². The lowest BCUT2D eigenvalue weighted by Gasteiger charge is -2.18. The van der Waals surface area contributed by atoms with Crippen LogP contribution in [0.3, 0.4) is 0 Å². The molecule has 136 valence electrons. The third-order valence-electron chi connectivity index (χ3n) is 3.94. The Morgan fingerprint density at radius 2 is 1.79 bits per heavy atom. The molecule has 0 aromatic heterocycles. The van der Waals surface area contributed by atoms with Crippen molar-refractivity contribution < 1.29 is 19.2 Å². The number of hydrogen-bond donors (Lipinski definition) is 1. The molecule has 0 fully saturated rings. The molecule has 0 radical (unpaired) electrons. The van der Waals surface area contributed by atoms with Gasteiger partial charge >= 0.3 is 0 Å². The fourth-order valence-corrected chi connectivity index (χ4v) is 2.33. The first-order chi connectivity index (χ1) is 11.3. The molecule has 6 heteroatoms. The molecule has 0 aromatic rings. The fourth-order valence-electron chi connectivity index (χ4n) is 2.33. The Labute approximate surface area is 144 Å². The number of ketones is 1. The lowest BCUT2D eigenvalue weighted by molar-refractivity contribution is -0.125. The summed E-state index contributed by atoms with van der Waals surface area (Å²) >= 11 is 0. The van der Waals surface area contributed by atoms with Crippen molar-refractivity contribution in [2.24, 2.45) is 11.8 Å². The fraction of sp³-hybridized carbons (Fsp3) is 0.667. The molecule has 0 saturated heterocycles. The third-order valence-corrected chi connectivity index (χ3v) is 3.94. The van der Waals surface area contributed by atoms with E-state index in [1.54, 1.807) is 18.9 Å². The Hall–Kier alpha value is -1.98. The molecule has 0 bridgehead atoms. The first kappa shape index (κ1) is 22.0. The van der Waals surface area contributed by atoms with Crippen LogP contribution in [0.25, 0.3) is 0 Å². The van der Waals surface area contributed by atoms with E-state index in [1.165, 1.54) is 12.2 Å². The van der Waals surface area contributed by atoms with Gasteiger partial charge in [0.05, 0.1) is 0 Å². The largest absolute Gasteiger partial charge is 0.355 e. The van der Waals surface area contributed by atoms with Gasteiger partial charge in [0, 0.05) is 38.6 Å². The maximum atomic E-state index is 11.8. The Balaban J connectivity index is 3.86. The SMILES string of the molecule is CC(=O)[C@@H](CNC(=O)CCCCCN(C)C(=O)/C=C\C=O)C(C)C. The molecule has 6 nitrogen and oxygen atoms in total. The Morgan fingerprint density at radius 3 is 2.33 bits per heavy atom. The van der Waals surface area contributed by atoms with Crippen LogP contribution in [0.5, 0.6) is 0 Å². The number of likely N-dealkylation sites (N-methyl/N-ethyl adjacent to an activating group) is 1. The molecule has 24 heavy (non-hydrogen) atoms. The second kappa shape index (κ2) is 12.4. The number of unbranched alkanes of at least 4 members (excludes halogenated alkanes) is 2. The van der Waals surface area contributed by atoms with E-state index in [0.29, 0.717) is 25.8 Å². The van der Waals surface area contributed by atoms with Gasteiger partial charge in [-0.2, -0.15) is 0 Å². The highest BCUT2D eigenvalue weighted by Gasteiger charge is 2.18. The van der Waals surface area contributed by atoms with Gasteiger partial charge in [-0.05, 0) is 31.8 Å². The number of carbonyl (C=O) groups is 4. The van der Waals surface area contributed by atoms with E-state index in [1.807, 2.05) is 13.8 Å². The standard InChI is InChI=1S/C18H30N2O4/c1-14(2)16(15(3)22)13-19-17(23)9-6-5-7-11-20(4)18(24)10-8-12-21/h8,10,12,14,16H,5-7,9,11,13H2,1-4H3,(H,19,23)/b10-8-/t16-/m0/s1. The van der Waals surface area contributed by atoms with Gasteiger partial charge in [-0.25, -0.2) is 0 Å². The lowest BCUT2D eigenvalue weighted by Crippen LogP contribution is -2.34. The predicted molar refractivity (Wildman–Crippen MR) is 93.3 cm³/mol. The second-order valence-corrected chi connectivity index (χ2v) is 6.33. The highest BCUT2D eigenvalue weighted by Crippen LogP contribution is 2.11. The smallest absolute Gasteiger partial charge is 0.246 e. The molecule has 1 N–H and O–H groups in total. The van der Waals surface area contributed by atoms with Crippen LogP contribution in [0.1, 0.15) is 46.5 Å². The molecule has 0 spiro atoms. The number of carbonyl (C=O) groups excluding carboxylic acids is 4. The van der Waals surface area contributed by atoms with E-state index >= 15 is 0 Å². The number of aldehydes is 1. The summed E-state index contributed by atoms with van der Waals surface area (Å²) in [5.41, 5.74) is 0. The predicted octanol–water partition coefficient (Wildman–Crippen LogP) is 1.74. The maximum Gasteiger partial charge on any atom is 0.246 e. The Morgan fingerprint density at radius 1 is 1.12 bits per heavy atom. The van der Waals surface area contributed by atoms with Crippen LogP contribution >= 0.6 is 0 Å². The number of hydrogen-bond acceptors (Lipinski definition) is 4. The first-order valence-electron chi connectivity index (χ1n) is 8.43. The average molecular weight is 338 g/mol. The summed E-state index contributed by atoms with van der Waals surface area (Å²) < 4.78 is 0. The molecular formula is C18H30N2O4. The summed E-state index contributed by atoms with van der Waals surface area (Å²) in [6.07, 6.45) is 5.78. The van der Waals surface area contributed by atoms with Gasteiger partial charge in [-0.1, -0.05) is 20.3 Å². The monoisotopic (exact) mass is 338 g/mol. The van der Waals surface area contributed by atoms with E-state index in [0.717, 1.165) is 19.3 Å². The molecule has 0 saturated carbocycles. The number of amides is 2. The van der Waals surface area contributed by atoms with Crippen molar-refractivity contribution in [1.29, 1.82) is 0 Å². The number of Topliss-reactive ketones (excluding diaryl/α,β-unsaturated/α-hetero) is 1. The molecule has 0 rings (SSSR count). The first-order valence-corrected chi connectivity index (χ1v) is 8.43. The van der Waals surface area contributed by atoms with E-state index in [-0.39, 0.29) is 29.4 Å². The van der Waals surface area contributed by atoms with Crippen molar-refractivity contribution >= 4 is 23.9 Å². The maximum absolute atomic E-state index is 11.8. The van der Waals surface area contributed by atoms with Crippen molar-refractivity contribution in [1.82, 2.24) is 10.2 Å². The number of nitrogens with one attached hydrogen (secondary N) is 1. The van der Waals surface area contributed by atoms with E-state index < -0.39 is 0 Å². The van der Waals surface area contributed by atoms with Gasteiger partial charge in [0.15, 0.2) is 0 Å². The van der Waals surface area contributed by atoms with Gasteiger partial charge in [0.2, 0.25) is 11.8 Å². The van der Waals surface area contributed by atoms with Crippen LogP contribution in [0, 0.1) is 11.8 Å². The summed E-state index contributed by atoms with van der Waals surface area (Å²) in [4.78, 5) is 46.5. The zero-order valence-corrected chi connectivity index (χ0v) is 15.2. The number of allylic oxidation sites excluding steroid dienone is 1. The van der Waals surface area contributed by atoms with Crippen molar-refractivity contribution in [3.05, 3.63) is 12.2 Å². The molecule has 0 aliphatic carbocycles.